The van der Waals surface area contributed by atoms with Gasteiger partial charge in [-0.1, -0.05) is 17.7 Å². The predicted molar refractivity (Wildman–Crippen MR) is 106 cm³/mol. The molecular weight excluding hydrogens is 380 g/mol. The summed E-state index contributed by atoms with van der Waals surface area (Å²) in [5.41, 5.74) is 3.04. The molecule has 0 radical (unpaired) electrons. The Bertz CT molecular complexity index is 1090. The van der Waals surface area contributed by atoms with E-state index in [9.17, 15) is 8.42 Å². The Hall–Kier alpha value is -3.33. The molecule has 0 aliphatic heterocycles. The van der Waals surface area contributed by atoms with E-state index in [4.69, 9.17) is 9.47 Å². The standard InChI is InChI=1S/C19H20N4O4S/c1-13-4-7-16(8-5-13)28(24,25)23-21-12-15-11-20-22-19(15)14-6-9-17(26-2)18(10-14)27-3/h4-12,23H,1-3H3,(H,20,22)/b21-12+. The molecular formula is C19H20N4O4S. The maximum Gasteiger partial charge on any atom is 0.276 e. The Morgan fingerprint density at radius 1 is 1.07 bits per heavy atom. The summed E-state index contributed by atoms with van der Waals surface area (Å²) in [6.45, 7) is 1.89. The monoisotopic (exact) mass is 400 g/mol. The lowest BCUT2D eigenvalue weighted by atomic mass is 10.1. The van der Waals surface area contributed by atoms with E-state index in [0.717, 1.165) is 11.1 Å². The zero-order chi connectivity index (χ0) is 20.1. The van der Waals surface area contributed by atoms with E-state index < -0.39 is 10.0 Å². The lowest BCUT2D eigenvalue weighted by Crippen LogP contribution is -2.18. The maximum atomic E-state index is 12.3. The van der Waals surface area contributed by atoms with Gasteiger partial charge in [-0.25, -0.2) is 4.83 Å². The number of H-pyrrole nitrogens is 1. The van der Waals surface area contributed by atoms with Crippen LogP contribution < -0.4 is 14.3 Å². The molecule has 0 unspecified atom stereocenters. The highest BCUT2D eigenvalue weighted by molar-refractivity contribution is 7.89. The molecule has 9 heteroatoms. The number of methoxy groups -OCH3 is 2. The number of hydrogen-bond donors (Lipinski definition) is 2. The second kappa shape index (κ2) is 8.13. The fourth-order valence-electron chi connectivity index (χ4n) is 2.55. The van der Waals surface area contributed by atoms with E-state index in [1.807, 2.05) is 13.0 Å². The van der Waals surface area contributed by atoms with Gasteiger partial charge in [-0.3, -0.25) is 5.10 Å². The molecule has 1 heterocycles. The Balaban J connectivity index is 1.82. The minimum atomic E-state index is -3.74. The highest BCUT2D eigenvalue weighted by Crippen LogP contribution is 2.32. The van der Waals surface area contributed by atoms with Crippen LogP contribution in [0.1, 0.15) is 11.1 Å². The average molecular weight is 400 g/mol. The van der Waals surface area contributed by atoms with Crippen LogP contribution in [0.3, 0.4) is 0 Å². The van der Waals surface area contributed by atoms with Gasteiger partial charge in [0.25, 0.3) is 10.0 Å². The van der Waals surface area contributed by atoms with Crippen LogP contribution in [0.15, 0.2) is 58.7 Å². The van der Waals surface area contributed by atoms with Crippen molar-refractivity contribution < 1.29 is 17.9 Å². The molecule has 0 saturated heterocycles. The second-order valence-corrected chi connectivity index (χ2v) is 7.60. The smallest absolute Gasteiger partial charge is 0.276 e. The van der Waals surface area contributed by atoms with Gasteiger partial charge in [0.1, 0.15) is 0 Å². The third-order valence-electron chi connectivity index (χ3n) is 4.05. The number of rotatable bonds is 7. The van der Waals surface area contributed by atoms with Gasteiger partial charge < -0.3 is 9.47 Å². The van der Waals surface area contributed by atoms with Gasteiger partial charge in [-0.2, -0.15) is 18.6 Å². The molecule has 8 nitrogen and oxygen atoms in total. The lowest BCUT2D eigenvalue weighted by molar-refractivity contribution is 0.355. The average Bonchev–Trinajstić information content (AvgIpc) is 3.16. The molecule has 2 N–H and O–H groups in total. The fourth-order valence-corrected chi connectivity index (χ4v) is 3.34. The molecule has 1 aromatic heterocycles. The van der Waals surface area contributed by atoms with Gasteiger partial charge in [0.15, 0.2) is 11.5 Å². The van der Waals surface area contributed by atoms with E-state index in [2.05, 4.69) is 20.1 Å². The van der Waals surface area contributed by atoms with Crippen LogP contribution in [0.4, 0.5) is 0 Å². The van der Waals surface area contributed by atoms with E-state index in [1.54, 1.807) is 44.7 Å². The van der Waals surface area contributed by atoms with Gasteiger partial charge in [-0.05, 0) is 37.3 Å². The van der Waals surface area contributed by atoms with Crippen molar-refractivity contribution >= 4 is 16.2 Å². The summed E-state index contributed by atoms with van der Waals surface area (Å²) < 4.78 is 35.2. The van der Waals surface area contributed by atoms with E-state index in [1.165, 1.54) is 18.3 Å². The molecule has 28 heavy (non-hydrogen) atoms. The Morgan fingerprint density at radius 3 is 2.46 bits per heavy atom. The summed E-state index contributed by atoms with van der Waals surface area (Å²) in [6.07, 6.45) is 2.94. The van der Waals surface area contributed by atoms with E-state index >= 15 is 0 Å². The molecule has 2 aromatic carbocycles. The van der Waals surface area contributed by atoms with Gasteiger partial charge in [0, 0.05) is 11.1 Å². The van der Waals surface area contributed by atoms with Crippen molar-refractivity contribution in [1.82, 2.24) is 15.0 Å². The lowest BCUT2D eigenvalue weighted by Gasteiger charge is -2.09. The van der Waals surface area contributed by atoms with Crippen molar-refractivity contribution in [3.8, 4) is 22.8 Å². The number of aromatic amines is 1. The normalized spacial score (nSPS) is 11.5. The summed E-state index contributed by atoms with van der Waals surface area (Å²) in [5, 5.41) is 10.8. The third-order valence-corrected chi connectivity index (χ3v) is 5.29. The molecule has 0 aliphatic rings. The van der Waals surface area contributed by atoms with Crippen molar-refractivity contribution in [3.63, 3.8) is 0 Å². The molecule has 146 valence electrons. The van der Waals surface area contributed by atoms with Crippen LogP contribution in [-0.2, 0) is 10.0 Å². The Labute approximate surface area is 163 Å². The first-order valence-electron chi connectivity index (χ1n) is 8.32. The first-order chi connectivity index (χ1) is 13.4. The predicted octanol–water partition coefficient (Wildman–Crippen LogP) is 2.71. The first-order valence-corrected chi connectivity index (χ1v) is 9.80. The van der Waals surface area contributed by atoms with Gasteiger partial charge in [0.05, 0.1) is 37.2 Å². The second-order valence-electron chi connectivity index (χ2n) is 5.94. The van der Waals surface area contributed by atoms with Crippen molar-refractivity contribution in [2.24, 2.45) is 5.10 Å². The molecule has 0 saturated carbocycles. The van der Waals surface area contributed by atoms with Crippen LogP contribution in [-0.4, -0.2) is 39.0 Å². The number of ether oxygens (including phenoxy) is 2. The number of aromatic nitrogens is 2. The Kier molecular flexibility index (Phi) is 5.65. The van der Waals surface area contributed by atoms with E-state index in [0.29, 0.717) is 22.8 Å². The zero-order valence-corrected chi connectivity index (χ0v) is 16.4. The SMILES string of the molecule is COc1ccc(-c2[nH]ncc2/C=N/NS(=O)(=O)c2ccc(C)cc2)cc1OC. The number of hydrogen-bond acceptors (Lipinski definition) is 6. The topological polar surface area (TPSA) is 106 Å². The van der Waals surface area contributed by atoms with Crippen LogP contribution in [0.25, 0.3) is 11.3 Å². The molecule has 0 amide bonds. The minimum Gasteiger partial charge on any atom is -0.493 e. The number of aryl methyl sites for hydroxylation is 1. The summed E-state index contributed by atoms with van der Waals surface area (Å²) in [5.74, 6) is 1.17. The summed E-state index contributed by atoms with van der Waals surface area (Å²) in [4.78, 5) is 2.35. The van der Waals surface area contributed by atoms with Crippen molar-refractivity contribution in [2.75, 3.05) is 14.2 Å². The molecule has 3 aromatic rings. The molecule has 0 spiro atoms. The number of hydrazone groups is 1. The number of nitrogens with one attached hydrogen (secondary N) is 2. The maximum absolute atomic E-state index is 12.3. The quantitative estimate of drug-likeness (QED) is 0.469. The molecule has 3 rings (SSSR count). The highest BCUT2D eigenvalue weighted by atomic mass is 32.2. The largest absolute Gasteiger partial charge is 0.493 e. The van der Waals surface area contributed by atoms with Gasteiger partial charge in [0.2, 0.25) is 0 Å². The summed E-state index contributed by atoms with van der Waals surface area (Å²) >= 11 is 0. The van der Waals surface area contributed by atoms with Gasteiger partial charge >= 0.3 is 0 Å². The van der Waals surface area contributed by atoms with E-state index in [-0.39, 0.29) is 4.90 Å². The molecule has 0 atom stereocenters. The first kappa shape index (κ1) is 19.4. The number of sulfonamides is 1. The zero-order valence-electron chi connectivity index (χ0n) is 15.6. The summed E-state index contributed by atoms with van der Waals surface area (Å²) in [7, 11) is -0.629. The van der Waals surface area contributed by atoms with Crippen LogP contribution in [0.5, 0.6) is 11.5 Å². The van der Waals surface area contributed by atoms with Crippen LogP contribution in [0, 0.1) is 6.92 Å². The van der Waals surface area contributed by atoms with Crippen LogP contribution in [0.2, 0.25) is 0 Å². The fraction of sp³-hybridized carbons (Fsp3) is 0.158. The summed E-state index contributed by atoms with van der Waals surface area (Å²) in [6, 6.07) is 11.9. The molecule has 0 aliphatic carbocycles. The third kappa shape index (κ3) is 4.15. The van der Waals surface area contributed by atoms with Crippen molar-refractivity contribution in [1.29, 1.82) is 0 Å². The number of nitrogens with zero attached hydrogens (tertiary/aromatic N) is 2. The van der Waals surface area contributed by atoms with Gasteiger partial charge in [-0.15, -0.1) is 0 Å². The molecule has 0 bridgehead atoms. The number of benzene rings is 2. The highest BCUT2D eigenvalue weighted by Gasteiger charge is 2.13. The van der Waals surface area contributed by atoms with Crippen molar-refractivity contribution in [2.45, 2.75) is 11.8 Å². The van der Waals surface area contributed by atoms with Crippen molar-refractivity contribution in [3.05, 3.63) is 59.8 Å². The Morgan fingerprint density at radius 2 is 1.79 bits per heavy atom. The molecule has 0 fully saturated rings. The minimum absolute atomic E-state index is 0.141. The van der Waals surface area contributed by atoms with Crippen LogP contribution >= 0.6 is 0 Å².